The number of pyridine rings is 1. The molecule has 39 heavy (non-hydrogen) atoms. The lowest BCUT2D eigenvalue weighted by molar-refractivity contribution is 0.103. The number of nitrogens with zero attached hydrogens (tertiary/aromatic N) is 4. The number of fused-ring (bicyclic) bond motifs is 1. The van der Waals surface area contributed by atoms with Crippen LogP contribution in [0.5, 0.6) is 0 Å². The lowest BCUT2D eigenvalue weighted by Gasteiger charge is -2.18. The molecule has 204 valence electrons. The van der Waals surface area contributed by atoms with Gasteiger partial charge in [-0.25, -0.2) is 19.3 Å². The molecule has 6 rings (SSSR count). The Morgan fingerprint density at radius 1 is 1.05 bits per heavy atom. The maximum atomic E-state index is 15.6. The molecule has 0 spiro atoms. The highest BCUT2D eigenvalue weighted by molar-refractivity contribution is 7.90. The first-order valence-electron chi connectivity index (χ1n) is 13.2. The van der Waals surface area contributed by atoms with Crippen molar-refractivity contribution in [2.24, 2.45) is 0 Å². The molecule has 1 saturated heterocycles. The number of aromatic nitrogens is 4. The Bertz CT molecular complexity index is 1630. The summed E-state index contributed by atoms with van der Waals surface area (Å²) >= 11 is 0. The quantitative estimate of drug-likeness (QED) is 0.299. The summed E-state index contributed by atoms with van der Waals surface area (Å²) in [6, 6.07) is 4.68. The standard InChI is InChI=1S/C26H25FN6O3S.C2H6/c1-15-4-7-21(32-37(35,36)33-8-2-3-9-33)23(27)22(15)24(34)20-14-31-26-19(20)10-17(11-30-26)18-12-28-25(29-13-18)16-5-6-16;1-2/h4,7,10-14,16,32H,2-3,5-6,8-9H2,1H3,(H,30,31);1-2H3. The second kappa shape index (κ2) is 10.8. The van der Waals surface area contributed by atoms with E-state index in [1.54, 1.807) is 31.6 Å². The van der Waals surface area contributed by atoms with Crippen LogP contribution in [0.4, 0.5) is 10.1 Å². The van der Waals surface area contributed by atoms with Crippen LogP contribution >= 0.6 is 0 Å². The predicted molar refractivity (Wildman–Crippen MR) is 148 cm³/mol. The third kappa shape index (κ3) is 5.28. The summed E-state index contributed by atoms with van der Waals surface area (Å²) in [5, 5.41) is 0.524. The maximum absolute atomic E-state index is 15.6. The first-order valence-corrected chi connectivity index (χ1v) is 14.7. The first kappa shape index (κ1) is 26.9. The fourth-order valence-electron chi connectivity index (χ4n) is 4.69. The largest absolute Gasteiger partial charge is 0.345 e. The van der Waals surface area contributed by atoms with Crippen molar-refractivity contribution in [2.45, 2.75) is 52.4 Å². The van der Waals surface area contributed by atoms with E-state index in [0.717, 1.165) is 42.6 Å². The molecule has 9 nitrogen and oxygen atoms in total. The zero-order chi connectivity index (χ0) is 27.7. The third-order valence-electron chi connectivity index (χ3n) is 6.94. The Balaban J connectivity index is 0.00000151. The van der Waals surface area contributed by atoms with Crippen LogP contribution in [0.1, 0.15) is 72.8 Å². The van der Waals surface area contributed by atoms with E-state index in [1.165, 1.54) is 22.6 Å². The fraction of sp³-hybridized carbons (Fsp3) is 0.357. The molecule has 11 heteroatoms. The van der Waals surface area contributed by atoms with Gasteiger partial charge >= 0.3 is 10.2 Å². The highest BCUT2D eigenvalue weighted by Crippen LogP contribution is 2.38. The van der Waals surface area contributed by atoms with E-state index >= 15 is 4.39 Å². The Kier molecular flexibility index (Phi) is 7.46. The smallest absolute Gasteiger partial charge is 0.301 e. The monoisotopic (exact) mass is 550 g/mol. The van der Waals surface area contributed by atoms with Gasteiger partial charge in [0.25, 0.3) is 0 Å². The van der Waals surface area contributed by atoms with Gasteiger partial charge in [0.15, 0.2) is 11.6 Å². The number of ketones is 1. The minimum atomic E-state index is -3.92. The summed E-state index contributed by atoms with van der Waals surface area (Å²) in [7, 11) is -3.92. The molecule has 1 aliphatic heterocycles. The van der Waals surface area contributed by atoms with Crippen molar-refractivity contribution < 1.29 is 17.6 Å². The number of carbonyl (C=O) groups is 1. The van der Waals surface area contributed by atoms with Gasteiger partial charge in [-0.15, -0.1) is 0 Å². The van der Waals surface area contributed by atoms with Gasteiger partial charge in [0.05, 0.1) is 11.3 Å². The number of halogens is 1. The summed E-state index contributed by atoms with van der Waals surface area (Å²) in [4.78, 5) is 29.9. The summed E-state index contributed by atoms with van der Waals surface area (Å²) in [6.07, 6.45) is 10.4. The molecule has 0 bridgehead atoms. The van der Waals surface area contributed by atoms with E-state index in [2.05, 4.69) is 24.7 Å². The average molecular weight is 551 g/mol. The molecule has 0 amide bonds. The van der Waals surface area contributed by atoms with Crippen LogP contribution in [0.3, 0.4) is 0 Å². The number of hydrogen-bond donors (Lipinski definition) is 2. The molecule has 0 atom stereocenters. The number of aromatic amines is 1. The van der Waals surface area contributed by atoms with Crippen molar-refractivity contribution in [3.05, 3.63) is 71.3 Å². The SMILES string of the molecule is CC.Cc1ccc(NS(=O)(=O)N2CCCC2)c(F)c1C(=O)c1c[nH]c2ncc(-c3cnc(C4CC4)nc3)cc12. The van der Waals surface area contributed by atoms with Gasteiger partial charge in [-0.2, -0.15) is 12.7 Å². The summed E-state index contributed by atoms with van der Waals surface area (Å²) in [5.74, 6) is -0.197. The number of H-pyrrole nitrogens is 1. The Morgan fingerprint density at radius 2 is 1.72 bits per heavy atom. The molecular weight excluding hydrogens is 519 g/mol. The van der Waals surface area contributed by atoms with Gasteiger partial charge in [0, 0.05) is 65.9 Å². The van der Waals surface area contributed by atoms with Crippen LogP contribution < -0.4 is 4.72 Å². The summed E-state index contributed by atoms with van der Waals surface area (Å²) < 4.78 is 44.6. The summed E-state index contributed by atoms with van der Waals surface area (Å²) in [6.45, 7) is 6.38. The predicted octanol–water partition coefficient (Wildman–Crippen LogP) is 5.35. The third-order valence-corrected chi connectivity index (χ3v) is 8.47. The van der Waals surface area contributed by atoms with Gasteiger partial charge in [0.1, 0.15) is 11.5 Å². The van der Waals surface area contributed by atoms with Gasteiger partial charge < -0.3 is 4.98 Å². The Morgan fingerprint density at radius 3 is 2.38 bits per heavy atom. The van der Waals surface area contributed by atoms with Gasteiger partial charge in [-0.1, -0.05) is 19.9 Å². The molecule has 2 N–H and O–H groups in total. The number of anilines is 1. The molecule has 0 unspecified atom stereocenters. The van der Waals surface area contributed by atoms with Gasteiger partial charge in [-0.05, 0) is 50.3 Å². The highest BCUT2D eigenvalue weighted by atomic mass is 32.2. The van der Waals surface area contributed by atoms with Crippen molar-refractivity contribution in [1.29, 1.82) is 0 Å². The minimum Gasteiger partial charge on any atom is -0.345 e. The second-order valence-corrected chi connectivity index (χ2v) is 11.3. The second-order valence-electron chi connectivity index (χ2n) is 9.59. The molecular formula is C28H31FN6O3S. The van der Waals surface area contributed by atoms with Crippen molar-refractivity contribution in [3.8, 4) is 11.1 Å². The van der Waals surface area contributed by atoms with Crippen LogP contribution in [0.25, 0.3) is 22.2 Å². The number of carbonyl (C=O) groups excluding carboxylic acids is 1. The van der Waals surface area contributed by atoms with Gasteiger partial charge in [0.2, 0.25) is 0 Å². The Labute approximate surface area is 227 Å². The molecule has 4 heterocycles. The molecule has 1 aliphatic carbocycles. The van der Waals surface area contributed by atoms with Crippen molar-refractivity contribution in [1.82, 2.24) is 24.2 Å². The lowest BCUT2D eigenvalue weighted by Crippen LogP contribution is -2.33. The van der Waals surface area contributed by atoms with Gasteiger partial charge in [-0.3, -0.25) is 9.52 Å². The zero-order valence-electron chi connectivity index (χ0n) is 22.2. The van der Waals surface area contributed by atoms with E-state index in [0.29, 0.717) is 35.6 Å². The number of hydrogen-bond acceptors (Lipinski definition) is 6. The van der Waals surface area contributed by atoms with E-state index in [1.807, 2.05) is 13.8 Å². The van der Waals surface area contributed by atoms with Crippen LogP contribution in [0.15, 0.2) is 43.0 Å². The normalized spacial score (nSPS) is 15.7. The van der Waals surface area contributed by atoms with Crippen LogP contribution in [0, 0.1) is 12.7 Å². The van der Waals surface area contributed by atoms with E-state index in [9.17, 15) is 13.2 Å². The van der Waals surface area contributed by atoms with E-state index in [4.69, 9.17) is 0 Å². The zero-order valence-corrected chi connectivity index (χ0v) is 23.0. The van der Waals surface area contributed by atoms with Crippen molar-refractivity contribution >= 4 is 32.7 Å². The van der Waals surface area contributed by atoms with E-state index in [-0.39, 0.29) is 16.8 Å². The number of aryl methyl sites for hydroxylation is 1. The molecule has 4 aromatic rings. The summed E-state index contributed by atoms with van der Waals surface area (Å²) in [5.41, 5.74) is 2.16. The van der Waals surface area contributed by atoms with Crippen LogP contribution in [-0.2, 0) is 10.2 Å². The fourth-order valence-corrected chi connectivity index (χ4v) is 5.99. The highest BCUT2D eigenvalue weighted by Gasteiger charge is 2.29. The first-order chi connectivity index (χ1) is 18.8. The lowest BCUT2D eigenvalue weighted by atomic mass is 9.97. The molecule has 2 fully saturated rings. The minimum absolute atomic E-state index is 0.190. The number of rotatable bonds is 7. The topological polar surface area (TPSA) is 121 Å². The molecule has 1 aromatic carbocycles. The average Bonchev–Trinajstić information content (AvgIpc) is 3.45. The molecule has 2 aliphatic rings. The van der Waals surface area contributed by atoms with E-state index < -0.39 is 21.8 Å². The van der Waals surface area contributed by atoms with Crippen molar-refractivity contribution in [3.63, 3.8) is 0 Å². The Hall–Kier alpha value is -3.70. The number of benzene rings is 1. The molecule has 3 aromatic heterocycles. The van der Waals surface area contributed by atoms with Crippen LogP contribution in [-0.4, -0.2) is 51.5 Å². The number of nitrogens with one attached hydrogen (secondary N) is 2. The van der Waals surface area contributed by atoms with Crippen molar-refractivity contribution in [2.75, 3.05) is 17.8 Å². The maximum Gasteiger partial charge on any atom is 0.301 e. The molecule has 1 saturated carbocycles. The molecule has 0 radical (unpaired) electrons. The van der Waals surface area contributed by atoms with Crippen LogP contribution in [0.2, 0.25) is 0 Å².